The maximum atomic E-state index is 12.8. The molecule has 0 heterocycles. The van der Waals surface area contributed by atoms with E-state index in [4.69, 9.17) is 0 Å². The first-order valence-electron chi connectivity index (χ1n) is 6.67. The van der Waals surface area contributed by atoms with E-state index in [0.717, 1.165) is 26.1 Å². The fourth-order valence-corrected chi connectivity index (χ4v) is 2.41. The summed E-state index contributed by atoms with van der Waals surface area (Å²) in [6.45, 7) is 7.35. The van der Waals surface area contributed by atoms with Gasteiger partial charge in [0.25, 0.3) is 0 Å². The second kappa shape index (κ2) is 5.61. The SMILES string of the molecule is CCN(CC)CC1CC1C(=O)c1ccc(F)cc1. The van der Waals surface area contributed by atoms with Crippen LogP contribution in [0.5, 0.6) is 0 Å². The van der Waals surface area contributed by atoms with Crippen molar-refractivity contribution in [2.24, 2.45) is 11.8 Å². The van der Waals surface area contributed by atoms with Crippen LogP contribution in [0.2, 0.25) is 0 Å². The number of carbonyl (C=O) groups is 1. The largest absolute Gasteiger partial charge is 0.304 e. The molecule has 1 aromatic rings. The Morgan fingerprint density at radius 3 is 2.44 bits per heavy atom. The maximum Gasteiger partial charge on any atom is 0.166 e. The van der Waals surface area contributed by atoms with Crippen molar-refractivity contribution in [3.8, 4) is 0 Å². The molecule has 2 unspecified atom stereocenters. The van der Waals surface area contributed by atoms with E-state index in [1.54, 1.807) is 12.1 Å². The van der Waals surface area contributed by atoms with Gasteiger partial charge >= 0.3 is 0 Å². The smallest absolute Gasteiger partial charge is 0.166 e. The van der Waals surface area contributed by atoms with Gasteiger partial charge in [-0.3, -0.25) is 4.79 Å². The Kier molecular flexibility index (Phi) is 4.12. The van der Waals surface area contributed by atoms with Crippen molar-refractivity contribution >= 4 is 5.78 Å². The lowest BCUT2D eigenvalue weighted by Gasteiger charge is -2.17. The molecule has 1 fully saturated rings. The van der Waals surface area contributed by atoms with E-state index >= 15 is 0 Å². The van der Waals surface area contributed by atoms with E-state index in [-0.39, 0.29) is 17.5 Å². The van der Waals surface area contributed by atoms with Crippen LogP contribution in [0.25, 0.3) is 0 Å². The van der Waals surface area contributed by atoms with Gasteiger partial charge in [0.05, 0.1) is 0 Å². The number of nitrogens with zero attached hydrogens (tertiary/aromatic N) is 1. The van der Waals surface area contributed by atoms with Crippen molar-refractivity contribution in [2.45, 2.75) is 20.3 Å². The Morgan fingerprint density at radius 2 is 1.89 bits per heavy atom. The van der Waals surface area contributed by atoms with Gasteiger partial charge in [-0.2, -0.15) is 0 Å². The molecular weight excluding hydrogens is 229 g/mol. The number of benzene rings is 1. The number of ketones is 1. The van der Waals surface area contributed by atoms with Gasteiger partial charge < -0.3 is 4.90 Å². The second-order valence-corrected chi connectivity index (χ2v) is 4.96. The Morgan fingerprint density at radius 1 is 1.28 bits per heavy atom. The third-order valence-corrected chi connectivity index (χ3v) is 3.78. The topological polar surface area (TPSA) is 20.3 Å². The van der Waals surface area contributed by atoms with Crippen molar-refractivity contribution in [2.75, 3.05) is 19.6 Å². The summed E-state index contributed by atoms with van der Waals surface area (Å²) in [5.41, 5.74) is 0.642. The van der Waals surface area contributed by atoms with Crippen LogP contribution in [-0.4, -0.2) is 30.3 Å². The molecule has 0 aromatic heterocycles. The van der Waals surface area contributed by atoms with E-state index in [2.05, 4.69) is 18.7 Å². The molecule has 2 atom stereocenters. The number of hydrogen-bond acceptors (Lipinski definition) is 2. The zero-order valence-electron chi connectivity index (χ0n) is 11.0. The lowest BCUT2D eigenvalue weighted by Crippen LogP contribution is -2.26. The molecule has 1 aromatic carbocycles. The molecule has 2 nitrogen and oxygen atoms in total. The van der Waals surface area contributed by atoms with Crippen LogP contribution in [0.1, 0.15) is 30.6 Å². The molecule has 0 N–H and O–H groups in total. The van der Waals surface area contributed by atoms with Crippen molar-refractivity contribution in [3.63, 3.8) is 0 Å². The number of hydrogen-bond donors (Lipinski definition) is 0. The Bertz CT molecular complexity index is 411. The quantitative estimate of drug-likeness (QED) is 0.722. The molecular formula is C15H20FNO. The highest BCUT2D eigenvalue weighted by atomic mass is 19.1. The van der Waals surface area contributed by atoms with Crippen LogP contribution in [0.3, 0.4) is 0 Å². The summed E-state index contributed by atoms with van der Waals surface area (Å²) in [5, 5.41) is 0. The molecule has 0 amide bonds. The first-order chi connectivity index (χ1) is 8.65. The number of carbonyl (C=O) groups excluding carboxylic acids is 1. The summed E-state index contributed by atoms with van der Waals surface area (Å²) in [5.74, 6) is 0.521. The predicted molar refractivity (Wildman–Crippen MR) is 70.1 cm³/mol. The van der Waals surface area contributed by atoms with Crippen LogP contribution in [-0.2, 0) is 0 Å². The summed E-state index contributed by atoms with van der Waals surface area (Å²) >= 11 is 0. The number of rotatable bonds is 6. The van der Waals surface area contributed by atoms with Gasteiger partial charge in [-0.25, -0.2) is 4.39 Å². The molecule has 1 saturated carbocycles. The van der Waals surface area contributed by atoms with E-state index in [9.17, 15) is 9.18 Å². The Labute approximate surface area is 108 Å². The van der Waals surface area contributed by atoms with Crippen LogP contribution >= 0.6 is 0 Å². The van der Waals surface area contributed by atoms with Crippen LogP contribution in [0.15, 0.2) is 24.3 Å². The predicted octanol–water partition coefficient (Wildman–Crippen LogP) is 2.99. The minimum Gasteiger partial charge on any atom is -0.304 e. The molecule has 2 rings (SSSR count). The summed E-state index contributed by atoms with van der Waals surface area (Å²) in [6, 6.07) is 5.89. The highest BCUT2D eigenvalue weighted by Gasteiger charge is 2.43. The van der Waals surface area contributed by atoms with E-state index in [1.807, 2.05) is 0 Å². The molecule has 98 valence electrons. The molecule has 0 radical (unpaired) electrons. The van der Waals surface area contributed by atoms with E-state index in [0.29, 0.717) is 11.5 Å². The molecule has 1 aliphatic rings. The molecule has 0 spiro atoms. The van der Waals surface area contributed by atoms with Crippen molar-refractivity contribution in [1.82, 2.24) is 4.90 Å². The first-order valence-corrected chi connectivity index (χ1v) is 6.67. The fraction of sp³-hybridized carbons (Fsp3) is 0.533. The van der Waals surface area contributed by atoms with Gasteiger partial charge in [0.2, 0.25) is 0 Å². The first kappa shape index (κ1) is 13.2. The minimum absolute atomic E-state index is 0.149. The van der Waals surface area contributed by atoms with Gasteiger partial charge in [0, 0.05) is 18.0 Å². The zero-order chi connectivity index (χ0) is 13.1. The van der Waals surface area contributed by atoms with Crippen LogP contribution < -0.4 is 0 Å². The van der Waals surface area contributed by atoms with Gasteiger partial charge in [-0.1, -0.05) is 13.8 Å². The van der Waals surface area contributed by atoms with Crippen molar-refractivity contribution in [3.05, 3.63) is 35.6 Å². The van der Waals surface area contributed by atoms with Crippen molar-refractivity contribution < 1.29 is 9.18 Å². The summed E-state index contributed by atoms with van der Waals surface area (Å²) in [6.07, 6.45) is 0.979. The number of halogens is 1. The normalized spacial score (nSPS) is 22.2. The molecule has 0 saturated heterocycles. The third kappa shape index (κ3) is 2.96. The molecule has 0 bridgehead atoms. The van der Waals surface area contributed by atoms with Crippen LogP contribution in [0.4, 0.5) is 4.39 Å². The standard InChI is InChI=1S/C15H20FNO/c1-3-17(4-2)10-12-9-14(12)15(18)11-5-7-13(16)8-6-11/h5-8,12,14H,3-4,9-10H2,1-2H3. The Balaban J connectivity index is 1.91. The lowest BCUT2D eigenvalue weighted by molar-refractivity contribution is 0.0957. The monoisotopic (exact) mass is 249 g/mol. The van der Waals surface area contributed by atoms with Gasteiger partial charge in [-0.15, -0.1) is 0 Å². The van der Waals surface area contributed by atoms with Crippen LogP contribution in [0, 0.1) is 17.7 Å². The van der Waals surface area contributed by atoms with Gasteiger partial charge in [0.15, 0.2) is 5.78 Å². The average Bonchev–Trinajstić information content (AvgIpc) is 3.15. The molecule has 3 heteroatoms. The highest BCUT2D eigenvalue weighted by molar-refractivity contribution is 5.99. The molecule has 0 aliphatic heterocycles. The second-order valence-electron chi connectivity index (χ2n) is 4.96. The van der Waals surface area contributed by atoms with Gasteiger partial charge in [-0.05, 0) is 49.7 Å². The Hall–Kier alpha value is -1.22. The number of Topliss-reactive ketones (excluding diaryl/α,β-unsaturated/α-hetero) is 1. The zero-order valence-corrected chi connectivity index (χ0v) is 11.0. The highest BCUT2D eigenvalue weighted by Crippen LogP contribution is 2.41. The minimum atomic E-state index is -0.290. The lowest BCUT2D eigenvalue weighted by atomic mass is 10.1. The fourth-order valence-electron chi connectivity index (χ4n) is 2.41. The van der Waals surface area contributed by atoms with E-state index < -0.39 is 0 Å². The average molecular weight is 249 g/mol. The summed E-state index contributed by atoms with van der Waals surface area (Å²) < 4.78 is 12.8. The summed E-state index contributed by atoms with van der Waals surface area (Å²) in [4.78, 5) is 14.5. The third-order valence-electron chi connectivity index (χ3n) is 3.78. The van der Waals surface area contributed by atoms with Gasteiger partial charge in [0.1, 0.15) is 5.82 Å². The van der Waals surface area contributed by atoms with E-state index in [1.165, 1.54) is 12.1 Å². The molecule has 1 aliphatic carbocycles. The maximum absolute atomic E-state index is 12.8. The summed E-state index contributed by atoms with van der Waals surface area (Å²) in [7, 11) is 0. The molecule has 18 heavy (non-hydrogen) atoms. The van der Waals surface area contributed by atoms with Crippen molar-refractivity contribution in [1.29, 1.82) is 0 Å².